The molecule has 0 aliphatic carbocycles. The molecule has 0 amide bonds. The van der Waals surface area contributed by atoms with E-state index in [0.29, 0.717) is 0 Å². The van der Waals surface area contributed by atoms with E-state index in [9.17, 15) is 0 Å². The first-order valence-corrected chi connectivity index (χ1v) is 29.8. The van der Waals surface area contributed by atoms with Crippen LogP contribution in [0.2, 0.25) is 0 Å². The SMILES string of the molecule is c1ccc(N(c2ccccc2)c2cc3c4c(c2)N(c2ccccc2)c2ccccc2B4c2cc4c(cc2O3)N(c2ccccc2)c2cc(N(c3ccccc3)c3ccccc3)cc3c2B4c2ccc4c(c2O3)c2ccccc2n4-c2ccccc2)cc1. The highest BCUT2D eigenvalue weighted by molar-refractivity contribution is 7.02. The predicted molar refractivity (Wildman–Crippen MR) is 362 cm³/mol. The molecule has 0 spiro atoms. The smallest absolute Gasteiger partial charge is 0.256 e. The largest absolute Gasteiger partial charge is 0.458 e. The number of rotatable bonds is 9. The Balaban J connectivity index is 0.930. The maximum absolute atomic E-state index is 7.78. The van der Waals surface area contributed by atoms with Crippen molar-refractivity contribution in [3.63, 3.8) is 0 Å². The zero-order chi connectivity index (χ0) is 57.1. The summed E-state index contributed by atoms with van der Waals surface area (Å²) in [6, 6.07) is 112. The molecule has 0 bridgehead atoms. The zero-order valence-corrected chi connectivity index (χ0v) is 47.2. The summed E-state index contributed by atoms with van der Waals surface area (Å²) in [5.74, 6) is 3.30. The van der Waals surface area contributed by atoms with Crippen LogP contribution in [0.1, 0.15) is 0 Å². The number of aromatic nitrogens is 1. The van der Waals surface area contributed by atoms with Crippen LogP contribution in [0.25, 0.3) is 27.5 Å². The lowest BCUT2D eigenvalue weighted by Crippen LogP contribution is -2.63. The topological polar surface area (TPSA) is 36.4 Å². The Morgan fingerprint density at radius 3 is 1.28 bits per heavy atom. The van der Waals surface area contributed by atoms with E-state index in [2.05, 4.69) is 334 Å². The maximum Gasteiger partial charge on any atom is 0.256 e. The Kier molecular flexibility index (Phi) is 11.0. The quantitative estimate of drug-likeness (QED) is 0.134. The molecule has 0 saturated heterocycles. The first kappa shape index (κ1) is 49.1. The Morgan fingerprint density at radius 1 is 0.276 bits per heavy atom. The summed E-state index contributed by atoms with van der Waals surface area (Å²) >= 11 is 0. The van der Waals surface area contributed by atoms with E-state index in [1.54, 1.807) is 0 Å². The molecular formula is C78H51B2N5O2. The van der Waals surface area contributed by atoms with Gasteiger partial charge in [0.1, 0.15) is 23.0 Å². The second-order valence-corrected chi connectivity index (χ2v) is 22.8. The second kappa shape index (κ2) is 19.6. The number of anilines is 12. The summed E-state index contributed by atoms with van der Waals surface area (Å²) in [5, 5.41) is 2.21. The highest BCUT2D eigenvalue weighted by Gasteiger charge is 2.48. The molecule has 0 unspecified atom stereocenters. The first-order chi connectivity index (χ1) is 43.2. The Bertz CT molecular complexity index is 4940. The van der Waals surface area contributed by atoms with Gasteiger partial charge in [-0.05, 0) is 148 Å². The average molecular weight is 1110 g/mol. The van der Waals surface area contributed by atoms with Gasteiger partial charge in [-0.15, -0.1) is 0 Å². The van der Waals surface area contributed by atoms with Gasteiger partial charge in [-0.3, -0.25) is 0 Å². The summed E-state index contributed by atoms with van der Waals surface area (Å²) in [6.45, 7) is -0.452. The van der Waals surface area contributed by atoms with Crippen LogP contribution in [0.5, 0.6) is 23.0 Å². The van der Waals surface area contributed by atoms with E-state index in [1.165, 1.54) is 10.9 Å². The second-order valence-electron chi connectivity index (χ2n) is 22.8. The van der Waals surface area contributed by atoms with Crippen molar-refractivity contribution in [1.82, 2.24) is 4.57 Å². The number of benzene rings is 13. The van der Waals surface area contributed by atoms with E-state index in [4.69, 9.17) is 9.47 Å². The molecule has 4 aliphatic heterocycles. The maximum atomic E-state index is 7.78. The molecule has 406 valence electrons. The molecule has 0 radical (unpaired) electrons. The van der Waals surface area contributed by atoms with Crippen molar-refractivity contribution in [2.75, 3.05) is 19.6 Å². The van der Waals surface area contributed by atoms with Crippen molar-refractivity contribution in [2.24, 2.45) is 0 Å². The van der Waals surface area contributed by atoms with Crippen LogP contribution in [0.3, 0.4) is 0 Å². The van der Waals surface area contributed by atoms with E-state index >= 15 is 0 Å². The van der Waals surface area contributed by atoms with Crippen molar-refractivity contribution < 1.29 is 9.47 Å². The fourth-order valence-electron chi connectivity index (χ4n) is 14.4. The van der Waals surface area contributed by atoms with Gasteiger partial charge in [0.25, 0.3) is 13.4 Å². The average Bonchev–Trinajstić information content (AvgIpc) is 1.68. The molecule has 18 rings (SSSR count). The molecule has 7 nitrogen and oxygen atoms in total. The fourth-order valence-corrected chi connectivity index (χ4v) is 14.4. The van der Waals surface area contributed by atoms with Gasteiger partial charge in [0, 0.05) is 86.1 Å². The van der Waals surface area contributed by atoms with E-state index in [0.717, 1.165) is 141 Å². The van der Waals surface area contributed by atoms with Crippen LogP contribution in [0.4, 0.5) is 68.2 Å². The molecule has 1 aromatic heterocycles. The van der Waals surface area contributed by atoms with E-state index in [-0.39, 0.29) is 13.4 Å². The Hall–Kier alpha value is -11.4. The summed E-state index contributed by atoms with van der Waals surface area (Å²) < 4.78 is 17.9. The first-order valence-electron chi connectivity index (χ1n) is 29.8. The van der Waals surface area contributed by atoms with Gasteiger partial charge in [-0.25, -0.2) is 0 Å². The van der Waals surface area contributed by atoms with Gasteiger partial charge in [0.2, 0.25) is 0 Å². The molecule has 0 atom stereocenters. The molecule has 87 heavy (non-hydrogen) atoms. The number of ether oxygens (including phenoxy) is 2. The van der Waals surface area contributed by atoms with Crippen molar-refractivity contribution in [3.05, 3.63) is 309 Å². The molecule has 0 fully saturated rings. The van der Waals surface area contributed by atoms with Gasteiger partial charge >= 0.3 is 0 Å². The summed E-state index contributed by atoms with van der Waals surface area (Å²) in [4.78, 5) is 9.58. The summed E-state index contributed by atoms with van der Waals surface area (Å²) in [6.07, 6.45) is 0. The molecule has 0 saturated carbocycles. The molecule has 14 aromatic rings. The van der Waals surface area contributed by atoms with Crippen LogP contribution >= 0.6 is 0 Å². The van der Waals surface area contributed by atoms with Crippen LogP contribution in [0, 0.1) is 0 Å². The zero-order valence-electron chi connectivity index (χ0n) is 47.2. The van der Waals surface area contributed by atoms with Gasteiger partial charge < -0.3 is 33.6 Å². The minimum Gasteiger partial charge on any atom is -0.458 e. The minimum absolute atomic E-state index is 0.194. The summed E-state index contributed by atoms with van der Waals surface area (Å²) in [7, 11) is 0. The van der Waals surface area contributed by atoms with E-state index < -0.39 is 0 Å². The lowest BCUT2D eigenvalue weighted by Gasteiger charge is -2.43. The highest BCUT2D eigenvalue weighted by atomic mass is 16.5. The number of hydrogen-bond acceptors (Lipinski definition) is 6. The number of fused-ring (bicyclic) bond motifs is 12. The highest BCUT2D eigenvalue weighted by Crippen LogP contribution is 2.51. The molecular weight excluding hydrogens is 1060 g/mol. The number of hydrogen-bond donors (Lipinski definition) is 0. The third-order valence-electron chi connectivity index (χ3n) is 18.0. The lowest BCUT2D eigenvalue weighted by molar-refractivity contribution is 0.488. The molecule has 9 heteroatoms. The van der Waals surface area contributed by atoms with Gasteiger partial charge in [0.05, 0.1) is 27.8 Å². The standard InChI is InChI=1S/C78H51B2N5O2/c1-8-26-52(27-9-1)81(53-28-10-2-11-29-53)59-46-70-76-73(48-59)86-72-51-69-64(50-65(72)79(76)62-41-23-25-43-67(62)84(70)57-36-18-6-19-37-57)80-63-44-45-68-75(61-40-22-24-42-66(61)83(68)56-34-16-5-17-35-56)78(63)87-74-49-60(47-71(77(74)80)85(69)58-38-20-7-21-39-58)82(54-30-12-3-13-31-54)55-32-14-4-15-33-55/h1-51H. The Morgan fingerprint density at radius 2 is 0.724 bits per heavy atom. The summed E-state index contributed by atoms with van der Waals surface area (Å²) in [5.41, 5.74) is 22.6. The van der Waals surface area contributed by atoms with Crippen molar-refractivity contribution in [3.8, 4) is 28.7 Å². The van der Waals surface area contributed by atoms with Crippen LogP contribution < -0.4 is 61.9 Å². The van der Waals surface area contributed by atoms with Crippen molar-refractivity contribution >= 4 is 136 Å². The predicted octanol–water partition coefficient (Wildman–Crippen LogP) is 16.5. The molecule has 13 aromatic carbocycles. The van der Waals surface area contributed by atoms with Crippen LogP contribution in [-0.4, -0.2) is 18.0 Å². The monoisotopic (exact) mass is 1110 g/mol. The van der Waals surface area contributed by atoms with Gasteiger partial charge in [-0.1, -0.05) is 176 Å². The Labute approximate surface area is 505 Å². The van der Waals surface area contributed by atoms with Crippen LogP contribution in [0.15, 0.2) is 309 Å². The lowest BCUT2D eigenvalue weighted by atomic mass is 9.31. The normalized spacial score (nSPS) is 12.9. The van der Waals surface area contributed by atoms with Gasteiger partial charge in [-0.2, -0.15) is 0 Å². The fraction of sp³-hybridized carbons (Fsp3) is 0. The van der Waals surface area contributed by atoms with E-state index in [1.807, 2.05) is 0 Å². The number of para-hydroxylation sites is 9. The molecule has 4 aliphatic rings. The van der Waals surface area contributed by atoms with Crippen LogP contribution in [-0.2, 0) is 0 Å². The van der Waals surface area contributed by atoms with Gasteiger partial charge in [0.15, 0.2) is 0 Å². The van der Waals surface area contributed by atoms with Crippen molar-refractivity contribution in [2.45, 2.75) is 0 Å². The third-order valence-corrected chi connectivity index (χ3v) is 18.0. The molecule has 0 N–H and O–H groups in total. The molecule has 5 heterocycles. The number of nitrogens with zero attached hydrogens (tertiary/aromatic N) is 5. The third kappa shape index (κ3) is 7.59. The minimum atomic E-state index is -0.258. The van der Waals surface area contributed by atoms with Crippen molar-refractivity contribution in [1.29, 1.82) is 0 Å².